The topological polar surface area (TPSA) is 123 Å². The first-order valence-corrected chi connectivity index (χ1v) is 16.1. The summed E-state index contributed by atoms with van der Waals surface area (Å²) in [5.41, 5.74) is 13.7. The van der Waals surface area contributed by atoms with Gasteiger partial charge < -0.3 is 30.4 Å². The molecular weight excluding hydrogens is 568 g/mol. The van der Waals surface area contributed by atoms with Crippen LogP contribution in [0.5, 0.6) is 17.2 Å². The number of ether oxygens (including phenoxy) is 4. The first kappa shape index (κ1) is 35.0. The Hall–Kier alpha value is -4.46. The van der Waals surface area contributed by atoms with Gasteiger partial charge >= 0.3 is 11.9 Å². The number of nitrogens with two attached hydrogens (primary N) is 2. The fourth-order valence-corrected chi connectivity index (χ4v) is 4.60. The highest BCUT2D eigenvalue weighted by Gasteiger charge is 2.08. The normalized spacial score (nSPS) is 11.0. The Kier molecular flexibility index (Phi) is 15.9. The van der Waals surface area contributed by atoms with Crippen LogP contribution in [-0.2, 0) is 9.53 Å². The highest BCUT2D eigenvalue weighted by atomic mass is 16.5. The van der Waals surface area contributed by atoms with Gasteiger partial charge in [0.15, 0.2) is 0 Å². The molecule has 0 saturated heterocycles. The Bertz CT molecular complexity index is 1300. The first-order chi connectivity index (χ1) is 21.9. The van der Waals surface area contributed by atoms with Crippen LogP contribution >= 0.6 is 0 Å². The van der Waals surface area contributed by atoms with Crippen LogP contribution in [0.15, 0.2) is 72.8 Å². The van der Waals surface area contributed by atoms with Crippen molar-refractivity contribution in [3.05, 3.63) is 83.9 Å². The summed E-state index contributed by atoms with van der Waals surface area (Å²) in [4.78, 5) is 24.3. The van der Waals surface area contributed by atoms with Gasteiger partial charge in [-0.05, 0) is 85.5 Å². The Morgan fingerprint density at radius 1 is 0.622 bits per heavy atom. The van der Waals surface area contributed by atoms with Crippen LogP contribution < -0.4 is 25.7 Å². The second-order valence-electron chi connectivity index (χ2n) is 11.1. The molecule has 45 heavy (non-hydrogen) atoms. The van der Waals surface area contributed by atoms with Crippen LogP contribution in [0.25, 0.3) is 6.08 Å². The first-order valence-electron chi connectivity index (χ1n) is 16.1. The molecule has 3 rings (SSSR count). The number of hydrogen-bond acceptors (Lipinski definition) is 8. The molecule has 8 nitrogen and oxygen atoms in total. The highest BCUT2D eigenvalue weighted by Crippen LogP contribution is 2.19. The summed E-state index contributed by atoms with van der Waals surface area (Å²) < 4.78 is 22.2. The van der Waals surface area contributed by atoms with Crippen molar-refractivity contribution in [1.29, 1.82) is 0 Å². The average molecular weight is 617 g/mol. The summed E-state index contributed by atoms with van der Waals surface area (Å²) in [6.07, 6.45) is 15.2. The summed E-state index contributed by atoms with van der Waals surface area (Å²) in [5, 5.41) is 0. The Labute approximate surface area is 267 Å². The number of rotatable bonds is 21. The fraction of sp³-hybridized carbons (Fsp3) is 0.405. The maximum atomic E-state index is 12.2. The van der Waals surface area contributed by atoms with Crippen LogP contribution in [0.4, 0.5) is 11.4 Å². The van der Waals surface area contributed by atoms with Gasteiger partial charge in [-0.15, -0.1) is 0 Å². The van der Waals surface area contributed by atoms with Crippen molar-refractivity contribution in [2.45, 2.75) is 77.6 Å². The molecular formula is C37H48N2O6. The van der Waals surface area contributed by atoms with Gasteiger partial charge in [-0.3, -0.25) is 0 Å². The molecule has 0 fully saturated rings. The van der Waals surface area contributed by atoms with E-state index in [-0.39, 0.29) is 5.97 Å². The number of anilines is 2. The molecule has 0 aliphatic heterocycles. The van der Waals surface area contributed by atoms with E-state index in [4.69, 9.17) is 30.4 Å². The number of benzene rings is 3. The van der Waals surface area contributed by atoms with Gasteiger partial charge in [-0.2, -0.15) is 0 Å². The van der Waals surface area contributed by atoms with Gasteiger partial charge in [0, 0.05) is 17.5 Å². The predicted molar refractivity (Wildman–Crippen MR) is 181 cm³/mol. The van der Waals surface area contributed by atoms with Crippen molar-refractivity contribution in [1.82, 2.24) is 0 Å². The molecule has 242 valence electrons. The van der Waals surface area contributed by atoms with E-state index in [2.05, 4.69) is 6.92 Å². The van der Waals surface area contributed by atoms with Gasteiger partial charge in [0.25, 0.3) is 0 Å². The number of esters is 2. The minimum Gasteiger partial charge on any atom is -0.494 e. The van der Waals surface area contributed by atoms with E-state index in [1.807, 2.05) is 24.3 Å². The van der Waals surface area contributed by atoms with Crippen molar-refractivity contribution in [3.8, 4) is 17.2 Å². The summed E-state index contributed by atoms with van der Waals surface area (Å²) in [5.74, 6) is 1.25. The Morgan fingerprint density at radius 3 is 1.69 bits per heavy atom. The third-order valence-electron chi connectivity index (χ3n) is 7.10. The second-order valence-corrected chi connectivity index (χ2v) is 11.1. The fourth-order valence-electron chi connectivity index (χ4n) is 4.60. The van der Waals surface area contributed by atoms with E-state index < -0.39 is 5.97 Å². The number of carbonyl (C=O) groups is 2. The van der Waals surface area contributed by atoms with Gasteiger partial charge in [0.05, 0.1) is 25.4 Å². The maximum Gasteiger partial charge on any atom is 0.338 e. The minimum atomic E-state index is -0.435. The lowest BCUT2D eigenvalue weighted by molar-refractivity contribution is -0.128. The predicted octanol–water partition coefficient (Wildman–Crippen LogP) is 8.40. The molecule has 0 atom stereocenters. The average Bonchev–Trinajstić information content (AvgIpc) is 3.03. The molecule has 0 amide bonds. The monoisotopic (exact) mass is 616 g/mol. The largest absolute Gasteiger partial charge is 0.494 e. The molecule has 0 saturated carbocycles. The molecule has 0 bridgehead atoms. The zero-order valence-corrected chi connectivity index (χ0v) is 26.5. The molecule has 0 aromatic heterocycles. The van der Waals surface area contributed by atoms with Crippen molar-refractivity contribution in [2.24, 2.45) is 0 Å². The Morgan fingerprint density at radius 2 is 1.11 bits per heavy atom. The van der Waals surface area contributed by atoms with Crippen LogP contribution in [0.2, 0.25) is 0 Å². The molecule has 3 aromatic carbocycles. The van der Waals surface area contributed by atoms with E-state index in [1.54, 1.807) is 48.5 Å². The smallest absolute Gasteiger partial charge is 0.338 e. The third-order valence-corrected chi connectivity index (χ3v) is 7.10. The van der Waals surface area contributed by atoms with Crippen molar-refractivity contribution in [2.75, 3.05) is 31.3 Å². The molecule has 0 aliphatic rings. The van der Waals surface area contributed by atoms with E-state index >= 15 is 0 Å². The lowest BCUT2D eigenvalue weighted by atomic mass is 10.1. The van der Waals surface area contributed by atoms with E-state index in [1.165, 1.54) is 31.8 Å². The Balaban J connectivity index is 1.16. The molecule has 0 unspecified atom stereocenters. The lowest BCUT2D eigenvalue weighted by Crippen LogP contribution is -2.07. The van der Waals surface area contributed by atoms with Gasteiger partial charge in [0.1, 0.15) is 17.2 Å². The number of nitrogen functional groups attached to an aromatic ring is 2. The molecule has 0 spiro atoms. The SMILES string of the molecule is CCCCOc1ccc(OC(=O)C=Cc2ccc(OCCCCCCCCCCCOC(=O)c3cc(N)cc(N)c3)cc2)cc1. The quantitative estimate of drug-likeness (QED) is 0.0402. The molecule has 0 radical (unpaired) electrons. The van der Waals surface area contributed by atoms with Crippen LogP contribution in [0.3, 0.4) is 0 Å². The summed E-state index contributed by atoms with van der Waals surface area (Å²) in [6, 6.07) is 19.5. The van der Waals surface area contributed by atoms with E-state index in [9.17, 15) is 9.59 Å². The second kappa shape index (κ2) is 20.5. The van der Waals surface area contributed by atoms with Crippen molar-refractivity contribution < 1.29 is 28.5 Å². The summed E-state index contributed by atoms with van der Waals surface area (Å²) >= 11 is 0. The van der Waals surface area contributed by atoms with Crippen LogP contribution in [-0.4, -0.2) is 31.8 Å². The summed E-state index contributed by atoms with van der Waals surface area (Å²) in [6.45, 7) is 3.89. The standard InChI is InChI=1S/C37H48N2O6/c1-2-3-23-42-34-18-20-35(21-19-34)45-36(40)22-15-29-13-16-33(17-14-29)43-24-11-9-7-5-4-6-8-10-12-25-44-37(41)30-26-31(38)28-32(39)27-30/h13-22,26-28H,2-12,23-25,38-39H2,1H3. The lowest BCUT2D eigenvalue weighted by Gasteiger charge is -2.07. The van der Waals surface area contributed by atoms with Crippen LogP contribution in [0, 0.1) is 0 Å². The molecule has 8 heteroatoms. The molecule has 0 aliphatic carbocycles. The highest BCUT2D eigenvalue weighted by molar-refractivity contribution is 5.91. The van der Waals surface area contributed by atoms with Crippen LogP contribution in [0.1, 0.15) is 93.5 Å². The number of carbonyl (C=O) groups excluding carboxylic acids is 2. The third kappa shape index (κ3) is 14.7. The number of hydrogen-bond donors (Lipinski definition) is 2. The molecule has 3 aromatic rings. The van der Waals surface area contributed by atoms with Crippen molar-refractivity contribution in [3.63, 3.8) is 0 Å². The molecule has 0 heterocycles. The van der Waals surface area contributed by atoms with Gasteiger partial charge in [0.2, 0.25) is 0 Å². The van der Waals surface area contributed by atoms with Gasteiger partial charge in [-0.1, -0.05) is 70.4 Å². The van der Waals surface area contributed by atoms with Crippen molar-refractivity contribution >= 4 is 29.4 Å². The maximum absolute atomic E-state index is 12.2. The zero-order chi connectivity index (χ0) is 32.1. The molecule has 4 N–H and O–H groups in total. The summed E-state index contributed by atoms with van der Waals surface area (Å²) in [7, 11) is 0. The van der Waals surface area contributed by atoms with E-state index in [0.717, 1.165) is 62.0 Å². The van der Waals surface area contributed by atoms with E-state index in [0.29, 0.717) is 42.5 Å². The number of unbranched alkanes of at least 4 members (excludes halogenated alkanes) is 9. The minimum absolute atomic E-state index is 0.381. The zero-order valence-electron chi connectivity index (χ0n) is 26.5. The van der Waals surface area contributed by atoms with Gasteiger partial charge in [-0.25, -0.2) is 9.59 Å².